The minimum absolute atomic E-state index is 0.0477. The van der Waals surface area contributed by atoms with Gasteiger partial charge in [-0.1, -0.05) is 49.2 Å². The molecule has 4 rings (SSSR count). The van der Waals surface area contributed by atoms with Gasteiger partial charge in [0.15, 0.2) is 0 Å². The number of carbonyl (C=O) groups is 1. The van der Waals surface area contributed by atoms with Crippen molar-refractivity contribution in [3.8, 4) is 11.3 Å². The van der Waals surface area contributed by atoms with Crippen molar-refractivity contribution in [2.75, 3.05) is 5.84 Å². The third kappa shape index (κ3) is 2.88. The molecule has 1 fully saturated rings. The van der Waals surface area contributed by atoms with Crippen molar-refractivity contribution >= 4 is 16.9 Å². The number of fused-ring (bicyclic) bond motifs is 1. The van der Waals surface area contributed by atoms with Crippen LogP contribution >= 0.6 is 0 Å². The average Bonchev–Trinajstić information content (AvgIpc) is 3.23. The first kappa shape index (κ1) is 15.8. The normalized spacial score (nSPS) is 15.0. The number of aliphatic carboxylic acids is 1. The molecular formula is C21H22N2O2. The van der Waals surface area contributed by atoms with Gasteiger partial charge in [0.1, 0.15) is 0 Å². The predicted molar refractivity (Wildman–Crippen MR) is 100 cm³/mol. The van der Waals surface area contributed by atoms with E-state index >= 15 is 0 Å². The van der Waals surface area contributed by atoms with Gasteiger partial charge in [-0.3, -0.25) is 9.47 Å². The zero-order valence-electron chi connectivity index (χ0n) is 14.1. The summed E-state index contributed by atoms with van der Waals surface area (Å²) < 4.78 is 1.78. The number of hydrogen-bond acceptors (Lipinski definition) is 2. The fourth-order valence-corrected chi connectivity index (χ4v) is 4.13. The predicted octanol–water partition coefficient (Wildman–Crippen LogP) is 4.31. The molecule has 1 aliphatic carbocycles. The van der Waals surface area contributed by atoms with Crippen molar-refractivity contribution < 1.29 is 9.90 Å². The van der Waals surface area contributed by atoms with E-state index in [1.54, 1.807) is 4.68 Å². The van der Waals surface area contributed by atoms with Crippen LogP contribution in [0.2, 0.25) is 0 Å². The van der Waals surface area contributed by atoms with Crippen molar-refractivity contribution in [3.05, 3.63) is 59.7 Å². The lowest BCUT2D eigenvalue weighted by Gasteiger charge is -2.15. The molecule has 25 heavy (non-hydrogen) atoms. The summed E-state index contributed by atoms with van der Waals surface area (Å²) in [4.78, 5) is 11.2. The second-order valence-corrected chi connectivity index (χ2v) is 6.94. The van der Waals surface area contributed by atoms with Gasteiger partial charge in [0.2, 0.25) is 0 Å². The molecule has 1 aliphatic rings. The zero-order valence-corrected chi connectivity index (χ0v) is 14.1. The van der Waals surface area contributed by atoms with Gasteiger partial charge in [-0.15, -0.1) is 0 Å². The topological polar surface area (TPSA) is 68.2 Å². The number of nitrogens with zero attached hydrogens (tertiary/aromatic N) is 1. The summed E-state index contributed by atoms with van der Waals surface area (Å²) >= 11 is 0. The van der Waals surface area contributed by atoms with Crippen LogP contribution in [0.3, 0.4) is 0 Å². The van der Waals surface area contributed by atoms with Crippen LogP contribution < -0.4 is 5.84 Å². The fourth-order valence-electron chi connectivity index (χ4n) is 4.13. The minimum Gasteiger partial charge on any atom is -0.481 e. The van der Waals surface area contributed by atoms with Gasteiger partial charge >= 0.3 is 5.97 Å². The largest absolute Gasteiger partial charge is 0.481 e. The van der Waals surface area contributed by atoms with Crippen molar-refractivity contribution in [1.82, 2.24) is 4.68 Å². The van der Waals surface area contributed by atoms with Crippen molar-refractivity contribution in [2.45, 2.75) is 38.0 Å². The second kappa shape index (κ2) is 6.28. The van der Waals surface area contributed by atoms with E-state index < -0.39 is 5.97 Å². The Hall–Kier alpha value is -2.75. The smallest absolute Gasteiger partial charge is 0.307 e. The van der Waals surface area contributed by atoms with Crippen molar-refractivity contribution in [3.63, 3.8) is 0 Å². The first-order chi connectivity index (χ1) is 12.1. The first-order valence-corrected chi connectivity index (χ1v) is 8.84. The monoisotopic (exact) mass is 334 g/mol. The van der Waals surface area contributed by atoms with Crippen LogP contribution in [-0.4, -0.2) is 15.8 Å². The summed E-state index contributed by atoms with van der Waals surface area (Å²) in [6.45, 7) is 0. The van der Waals surface area contributed by atoms with Gasteiger partial charge in [0, 0.05) is 10.9 Å². The van der Waals surface area contributed by atoms with Crippen LogP contribution in [0, 0.1) is 0 Å². The summed E-state index contributed by atoms with van der Waals surface area (Å²) in [5.41, 5.74) is 5.13. The van der Waals surface area contributed by atoms with E-state index in [9.17, 15) is 9.90 Å². The standard InChI is InChI=1S/C21H22N2O2/c22-23-19(16-8-2-1-3-9-16)13-17-10-14(12-20(24)25)11-18(21(17)23)15-6-4-5-7-15/h1-3,8-11,13,15H,4-7,12,22H2,(H,24,25). The molecule has 0 atom stereocenters. The molecule has 2 aromatic carbocycles. The summed E-state index contributed by atoms with van der Waals surface area (Å²) in [6.07, 6.45) is 4.80. The lowest BCUT2D eigenvalue weighted by Crippen LogP contribution is -2.12. The number of hydrogen-bond donors (Lipinski definition) is 2. The molecule has 0 bridgehead atoms. The Balaban J connectivity index is 1.93. The summed E-state index contributed by atoms with van der Waals surface area (Å²) in [5.74, 6) is 6.16. The summed E-state index contributed by atoms with van der Waals surface area (Å²) in [5, 5.41) is 10.2. The second-order valence-electron chi connectivity index (χ2n) is 6.94. The number of carboxylic acid groups (broad SMARTS) is 1. The number of benzene rings is 2. The molecule has 128 valence electrons. The molecule has 1 heterocycles. The Kier molecular flexibility index (Phi) is 3.96. The van der Waals surface area contributed by atoms with Crippen LogP contribution in [0.5, 0.6) is 0 Å². The van der Waals surface area contributed by atoms with Crippen LogP contribution in [0.25, 0.3) is 22.2 Å². The molecule has 1 aromatic heterocycles. The Morgan fingerprint density at radius 2 is 1.84 bits per heavy atom. The van der Waals surface area contributed by atoms with E-state index in [1.165, 1.54) is 18.4 Å². The summed E-state index contributed by atoms with van der Waals surface area (Å²) in [7, 11) is 0. The molecular weight excluding hydrogens is 312 g/mol. The van der Waals surface area contributed by atoms with Crippen molar-refractivity contribution in [2.24, 2.45) is 0 Å². The van der Waals surface area contributed by atoms with E-state index in [0.717, 1.165) is 40.6 Å². The Bertz CT molecular complexity index is 922. The lowest BCUT2D eigenvalue weighted by molar-refractivity contribution is -0.136. The molecule has 3 N–H and O–H groups in total. The van der Waals surface area contributed by atoms with Crippen LogP contribution in [-0.2, 0) is 11.2 Å². The third-order valence-corrected chi connectivity index (χ3v) is 5.24. The van der Waals surface area contributed by atoms with Crippen molar-refractivity contribution in [1.29, 1.82) is 0 Å². The fraction of sp³-hybridized carbons (Fsp3) is 0.286. The highest BCUT2D eigenvalue weighted by molar-refractivity contribution is 5.91. The van der Waals surface area contributed by atoms with Gasteiger partial charge in [-0.05, 0) is 42.0 Å². The van der Waals surface area contributed by atoms with E-state index in [0.29, 0.717) is 5.92 Å². The van der Waals surface area contributed by atoms with E-state index in [2.05, 4.69) is 12.1 Å². The molecule has 0 unspecified atom stereocenters. The van der Waals surface area contributed by atoms with Gasteiger partial charge in [-0.2, -0.15) is 0 Å². The van der Waals surface area contributed by atoms with Gasteiger partial charge in [0.25, 0.3) is 0 Å². The maximum absolute atomic E-state index is 11.2. The molecule has 0 radical (unpaired) electrons. The molecule has 0 saturated heterocycles. The highest BCUT2D eigenvalue weighted by atomic mass is 16.4. The molecule has 1 saturated carbocycles. The SMILES string of the molecule is Nn1c(-c2ccccc2)cc2cc(CC(=O)O)cc(C3CCCC3)c21. The first-order valence-electron chi connectivity index (χ1n) is 8.84. The van der Waals surface area contributed by atoms with Gasteiger partial charge in [0.05, 0.1) is 17.6 Å². The quantitative estimate of drug-likeness (QED) is 0.699. The summed E-state index contributed by atoms with van der Waals surface area (Å²) in [6, 6.07) is 16.2. The number of nitrogens with two attached hydrogens (primary N) is 1. The number of carboxylic acids is 1. The molecule has 4 nitrogen and oxygen atoms in total. The maximum atomic E-state index is 11.2. The molecule has 4 heteroatoms. The zero-order chi connectivity index (χ0) is 17.4. The molecule has 0 aliphatic heterocycles. The minimum atomic E-state index is -0.799. The molecule has 0 amide bonds. The highest BCUT2D eigenvalue weighted by Gasteiger charge is 2.23. The lowest BCUT2D eigenvalue weighted by atomic mass is 9.93. The Morgan fingerprint density at radius 1 is 1.12 bits per heavy atom. The molecule has 0 spiro atoms. The highest BCUT2D eigenvalue weighted by Crippen LogP contribution is 2.40. The van der Waals surface area contributed by atoms with Crippen LogP contribution in [0.1, 0.15) is 42.7 Å². The third-order valence-electron chi connectivity index (χ3n) is 5.24. The molecule has 3 aromatic rings. The Morgan fingerprint density at radius 3 is 2.52 bits per heavy atom. The van der Waals surface area contributed by atoms with Crippen LogP contribution in [0.15, 0.2) is 48.5 Å². The Labute approximate surface area is 146 Å². The van der Waals surface area contributed by atoms with E-state index in [-0.39, 0.29) is 6.42 Å². The maximum Gasteiger partial charge on any atom is 0.307 e. The number of rotatable bonds is 4. The number of aromatic nitrogens is 1. The van der Waals surface area contributed by atoms with Crippen LogP contribution in [0.4, 0.5) is 0 Å². The number of nitrogen functional groups attached to an aromatic ring is 1. The van der Waals surface area contributed by atoms with Gasteiger partial charge < -0.3 is 10.9 Å². The van der Waals surface area contributed by atoms with E-state index in [4.69, 9.17) is 5.84 Å². The van der Waals surface area contributed by atoms with Gasteiger partial charge in [-0.25, -0.2) is 0 Å². The average molecular weight is 334 g/mol. The van der Waals surface area contributed by atoms with E-state index in [1.807, 2.05) is 36.4 Å².